The van der Waals surface area contributed by atoms with Crippen molar-refractivity contribution in [3.05, 3.63) is 47.5 Å². The largest absolute Gasteiger partial charge is 0.476 e. The van der Waals surface area contributed by atoms with Gasteiger partial charge >= 0.3 is 5.97 Å². The lowest BCUT2D eigenvalue weighted by Crippen LogP contribution is -2.05. The molecule has 5 nitrogen and oxygen atoms in total. The Balaban J connectivity index is 2.12. The van der Waals surface area contributed by atoms with Crippen molar-refractivity contribution in [3.63, 3.8) is 0 Å². The van der Waals surface area contributed by atoms with Gasteiger partial charge in [0.25, 0.3) is 0 Å². The van der Waals surface area contributed by atoms with Gasteiger partial charge in [0.15, 0.2) is 5.69 Å². The van der Waals surface area contributed by atoms with Crippen LogP contribution in [0.15, 0.2) is 30.5 Å². The molecule has 0 fully saturated rings. The van der Waals surface area contributed by atoms with Gasteiger partial charge in [0, 0.05) is 19.3 Å². The summed E-state index contributed by atoms with van der Waals surface area (Å²) >= 11 is 0. The monoisotopic (exact) mass is 263 g/mol. The standard InChI is InChI=1S/C13H14FN3O2/c1-2-17-8-11(12(16-17)13(18)19)15-7-9-3-5-10(14)6-4-9/h3-6,8,15H,2,7H2,1H3,(H,18,19). The number of benzene rings is 1. The third-order valence-corrected chi connectivity index (χ3v) is 2.68. The minimum Gasteiger partial charge on any atom is -0.476 e. The fourth-order valence-corrected chi connectivity index (χ4v) is 1.67. The lowest BCUT2D eigenvalue weighted by Gasteiger charge is -2.04. The van der Waals surface area contributed by atoms with E-state index in [0.717, 1.165) is 5.56 Å². The topological polar surface area (TPSA) is 67.2 Å². The van der Waals surface area contributed by atoms with E-state index < -0.39 is 5.97 Å². The number of halogens is 1. The zero-order chi connectivity index (χ0) is 13.8. The summed E-state index contributed by atoms with van der Waals surface area (Å²) in [5, 5.41) is 16.0. The molecule has 1 heterocycles. The van der Waals surface area contributed by atoms with E-state index in [0.29, 0.717) is 18.8 Å². The van der Waals surface area contributed by atoms with E-state index in [4.69, 9.17) is 5.11 Å². The Morgan fingerprint density at radius 1 is 1.42 bits per heavy atom. The van der Waals surface area contributed by atoms with Crippen LogP contribution in [0, 0.1) is 5.82 Å². The molecule has 2 N–H and O–H groups in total. The first-order chi connectivity index (χ1) is 9.10. The Bertz CT molecular complexity index is 578. The van der Waals surface area contributed by atoms with Gasteiger partial charge < -0.3 is 10.4 Å². The van der Waals surface area contributed by atoms with Crippen molar-refractivity contribution in [1.82, 2.24) is 9.78 Å². The maximum atomic E-state index is 12.8. The summed E-state index contributed by atoms with van der Waals surface area (Å²) in [7, 11) is 0. The molecule has 0 aliphatic carbocycles. The molecule has 19 heavy (non-hydrogen) atoms. The van der Waals surface area contributed by atoms with E-state index in [9.17, 15) is 9.18 Å². The number of nitrogens with one attached hydrogen (secondary N) is 1. The Kier molecular flexibility index (Phi) is 3.79. The molecule has 2 aromatic rings. The van der Waals surface area contributed by atoms with Crippen molar-refractivity contribution >= 4 is 11.7 Å². The van der Waals surface area contributed by atoms with Gasteiger partial charge in [-0.05, 0) is 24.6 Å². The summed E-state index contributed by atoms with van der Waals surface area (Å²) in [5.74, 6) is -1.37. The first-order valence-electron chi connectivity index (χ1n) is 5.89. The van der Waals surface area contributed by atoms with E-state index in [-0.39, 0.29) is 11.5 Å². The van der Waals surface area contributed by atoms with Crippen molar-refractivity contribution in [2.75, 3.05) is 5.32 Å². The van der Waals surface area contributed by atoms with E-state index in [1.807, 2.05) is 6.92 Å². The molecule has 2 rings (SSSR count). The van der Waals surface area contributed by atoms with Crippen LogP contribution in [-0.4, -0.2) is 20.9 Å². The second-order valence-corrected chi connectivity index (χ2v) is 4.03. The molecular formula is C13H14FN3O2. The van der Waals surface area contributed by atoms with Crippen LogP contribution in [0.25, 0.3) is 0 Å². The van der Waals surface area contributed by atoms with Crippen LogP contribution in [0.5, 0.6) is 0 Å². The molecule has 0 unspecified atom stereocenters. The number of nitrogens with zero attached hydrogens (tertiary/aromatic N) is 2. The van der Waals surface area contributed by atoms with Gasteiger partial charge in [-0.1, -0.05) is 12.1 Å². The predicted molar refractivity (Wildman–Crippen MR) is 68.6 cm³/mol. The summed E-state index contributed by atoms with van der Waals surface area (Å²) in [6, 6.07) is 6.02. The first-order valence-corrected chi connectivity index (χ1v) is 5.89. The molecule has 0 spiro atoms. The molecule has 0 saturated heterocycles. The van der Waals surface area contributed by atoms with Gasteiger partial charge in [-0.2, -0.15) is 5.10 Å². The average Bonchev–Trinajstić information content (AvgIpc) is 2.81. The van der Waals surface area contributed by atoms with Gasteiger partial charge in [0.05, 0.1) is 5.69 Å². The molecule has 0 bridgehead atoms. The zero-order valence-corrected chi connectivity index (χ0v) is 10.4. The van der Waals surface area contributed by atoms with Crippen molar-refractivity contribution in [1.29, 1.82) is 0 Å². The predicted octanol–water partition coefficient (Wildman–Crippen LogP) is 2.35. The molecule has 1 aromatic heterocycles. The Labute approximate surface area is 109 Å². The number of aryl methyl sites for hydroxylation is 1. The smallest absolute Gasteiger partial charge is 0.358 e. The highest BCUT2D eigenvalue weighted by molar-refractivity contribution is 5.91. The number of rotatable bonds is 5. The van der Waals surface area contributed by atoms with Crippen molar-refractivity contribution in [2.24, 2.45) is 0 Å². The second kappa shape index (κ2) is 5.51. The van der Waals surface area contributed by atoms with Gasteiger partial charge in [0.2, 0.25) is 0 Å². The van der Waals surface area contributed by atoms with Crippen LogP contribution < -0.4 is 5.32 Å². The second-order valence-electron chi connectivity index (χ2n) is 4.03. The maximum absolute atomic E-state index is 12.8. The molecule has 0 saturated carbocycles. The summed E-state index contributed by atoms with van der Waals surface area (Å²) in [5.41, 5.74) is 1.31. The van der Waals surface area contributed by atoms with Gasteiger partial charge in [-0.15, -0.1) is 0 Å². The molecule has 1 aromatic carbocycles. The van der Waals surface area contributed by atoms with Crippen molar-refractivity contribution in [3.8, 4) is 0 Å². The Morgan fingerprint density at radius 3 is 2.68 bits per heavy atom. The first kappa shape index (κ1) is 13.1. The van der Waals surface area contributed by atoms with Crippen molar-refractivity contribution in [2.45, 2.75) is 20.0 Å². The molecule has 6 heteroatoms. The lowest BCUT2D eigenvalue weighted by molar-refractivity contribution is 0.0690. The number of anilines is 1. The number of hydrogen-bond acceptors (Lipinski definition) is 3. The minimum atomic E-state index is -1.08. The highest BCUT2D eigenvalue weighted by atomic mass is 19.1. The number of aromatic nitrogens is 2. The molecular weight excluding hydrogens is 249 g/mol. The van der Waals surface area contributed by atoms with E-state index >= 15 is 0 Å². The quantitative estimate of drug-likeness (QED) is 0.869. The molecule has 0 aliphatic rings. The Morgan fingerprint density at radius 2 is 2.11 bits per heavy atom. The van der Waals surface area contributed by atoms with Crippen LogP contribution in [-0.2, 0) is 13.1 Å². The third kappa shape index (κ3) is 3.09. The van der Waals surface area contributed by atoms with E-state index in [1.54, 1.807) is 23.0 Å². The fourth-order valence-electron chi connectivity index (χ4n) is 1.67. The van der Waals surface area contributed by atoms with Gasteiger partial charge in [-0.3, -0.25) is 4.68 Å². The van der Waals surface area contributed by atoms with Gasteiger partial charge in [-0.25, -0.2) is 9.18 Å². The molecule has 100 valence electrons. The molecule has 0 amide bonds. The van der Waals surface area contributed by atoms with Crippen LogP contribution in [0.1, 0.15) is 23.0 Å². The van der Waals surface area contributed by atoms with Crippen molar-refractivity contribution < 1.29 is 14.3 Å². The molecule has 0 aliphatic heterocycles. The number of carboxylic acids is 1. The maximum Gasteiger partial charge on any atom is 0.358 e. The number of hydrogen-bond donors (Lipinski definition) is 2. The molecule has 0 atom stereocenters. The third-order valence-electron chi connectivity index (χ3n) is 2.68. The van der Waals surface area contributed by atoms with Crippen LogP contribution >= 0.6 is 0 Å². The zero-order valence-electron chi connectivity index (χ0n) is 10.4. The highest BCUT2D eigenvalue weighted by Crippen LogP contribution is 2.15. The normalized spacial score (nSPS) is 10.4. The lowest BCUT2D eigenvalue weighted by atomic mass is 10.2. The SMILES string of the molecule is CCn1cc(NCc2ccc(F)cc2)c(C(=O)O)n1. The number of carbonyl (C=O) groups is 1. The Hall–Kier alpha value is -2.37. The number of carboxylic acid groups (broad SMARTS) is 1. The van der Waals surface area contributed by atoms with Crippen LogP contribution in [0.4, 0.5) is 10.1 Å². The summed E-state index contributed by atoms with van der Waals surface area (Å²) in [6.07, 6.45) is 1.65. The number of aromatic carboxylic acids is 1. The van der Waals surface area contributed by atoms with Crippen LogP contribution in [0.3, 0.4) is 0 Å². The summed E-state index contributed by atoms with van der Waals surface area (Å²) in [4.78, 5) is 11.0. The minimum absolute atomic E-state index is 0.0102. The van der Waals surface area contributed by atoms with E-state index in [1.165, 1.54) is 12.1 Å². The summed E-state index contributed by atoms with van der Waals surface area (Å²) < 4.78 is 14.3. The summed E-state index contributed by atoms with van der Waals surface area (Å²) in [6.45, 7) is 2.89. The van der Waals surface area contributed by atoms with Crippen LogP contribution in [0.2, 0.25) is 0 Å². The molecule has 0 radical (unpaired) electrons. The fraction of sp³-hybridized carbons (Fsp3) is 0.231. The highest BCUT2D eigenvalue weighted by Gasteiger charge is 2.14. The average molecular weight is 263 g/mol. The van der Waals surface area contributed by atoms with E-state index in [2.05, 4.69) is 10.4 Å². The van der Waals surface area contributed by atoms with Gasteiger partial charge in [0.1, 0.15) is 5.82 Å².